The molecule has 0 aromatic heterocycles. The third-order valence-electron chi connectivity index (χ3n) is 7.70. The van der Waals surface area contributed by atoms with E-state index >= 15 is 0 Å². The molecule has 0 bridgehead atoms. The Morgan fingerprint density at radius 1 is 0.638 bits per heavy atom. The van der Waals surface area contributed by atoms with E-state index in [4.69, 9.17) is 20.6 Å². The van der Waals surface area contributed by atoms with Crippen LogP contribution in [0.25, 0.3) is 0 Å². The Balaban J connectivity index is 3.41. The van der Waals surface area contributed by atoms with Crippen molar-refractivity contribution in [1.29, 1.82) is 0 Å². The number of nitrogens with two attached hydrogens (primary N) is 1. The summed E-state index contributed by atoms with van der Waals surface area (Å²) in [6, 6.07) is -4.86. The summed E-state index contributed by atoms with van der Waals surface area (Å²) in [6.45, 7) is 5.57. The zero-order valence-corrected chi connectivity index (χ0v) is 32.6. The Labute approximate surface area is 330 Å². The molecule has 0 spiro atoms. The van der Waals surface area contributed by atoms with Gasteiger partial charge in [0.2, 0.25) is 41.4 Å². The van der Waals surface area contributed by atoms with E-state index in [1.54, 1.807) is 13.8 Å². The van der Waals surface area contributed by atoms with Gasteiger partial charge in [-0.1, -0.05) is 26.0 Å². The van der Waals surface area contributed by atoms with E-state index in [1.165, 1.54) is 12.1 Å². The van der Waals surface area contributed by atoms with Gasteiger partial charge in [0.05, 0.1) is 12.8 Å². The first-order valence-corrected chi connectivity index (χ1v) is 18.9. The SMILES string of the molecule is CC(=O)N[C@@H](CC(=O)O)C(=O)N[C@@H](C)C(=O)N[C@@H](CC(=O)O)C(=O)N[C@@H](CCC(=O)O)C(=O)N[C@@H](Cc1ccc(OP(=O)(O)O)cc1)C(=O)N[C@@H](CC(C)C)C(N)=O. The van der Waals surface area contributed by atoms with Gasteiger partial charge in [-0.15, -0.1) is 0 Å². The summed E-state index contributed by atoms with van der Waals surface area (Å²) in [7, 11) is -4.93. The van der Waals surface area contributed by atoms with E-state index in [9.17, 15) is 62.7 Å². The van der Waals surface area contributed by atoms with Crippen molar-refractivity contribution in [3.05, 3.63) is 29.8 Å². The minimum absolute atomic E-state index is 0.0879. The van der Waals surface area contributed by atoms with Crippen molar-refractivity contribution < 1.29 is 82.1 Å². The number of carboxylic acids is 3. The van der Waals surface area contributed by atoms with E-state index in [2.05, 4.69) is 36.4 Å². The summed E-state index contributed by atoms with van der Waals surface area (Å²) < 4.78 is 15.7. The van der Waals surface area contributed by atoms with Crippen molar-refractivity contribution >= 4 is 67.1 Å². The second kappa shape index (κ2) is 23.2. The maximum absolute atomic E-state index is 13.7. The van der Waals surface area contributed by atoms with E-state index in [-0.39, 0.29) is 30.1 Å². The van der Waals surface area contributed by atoms with Gasteiger partial charge in [0.15, 0.2) is 0 Å². The molecule has 0 aliphatic carbocycles. The van der Waals surface area contributed by atoms with Crippen LogP contribution in [0.1, 0.15) is 65.4 Å². The maximum Gasteiger partial charge on any atom is 0.524 e. The highest BCUT2D eigenvalue weighted by Gasteiger charge is 2.34. The Morgan fingerprint density at radius 2 is 1.09 bits per heavy atom. The van der Waals surface area contributed by atoms with Crippen molar-refractivity contribution in [3.8, 4) is 5.75 Å². The topological polar surface area (TPSA) is 396 Å². The van der Waals surface area contributed by atoms with Gasteiger partial charge in [-0.2, -0.15) is 0 Å². The fourth-order valence-corrected chi connectivity index (χ4v) is 5.43. The summed E-state index contributed by atoms with van der Waals surface area (Å²) in [6.07, 6.45) is -3.63. The molecule has 6 atom stereocenters. The largest absolute Gasteiger partial charge is 0.524 e. The fraction of sp³-hybridized carbons (Fsp3) is 0.515. The molecule has 0 aliphatic heterocycles. The zero-order valence-electron chi connectivity index (χ0n) is 31.8. The van der Waals surface area contributed by atoms with Gasteiger partial charge in [-0.3, -0.25) is 57.7 Å². The molecule has 0 heterocycles. The summed E-state index contributed by atoms with van der Waals surface area (Å²) >= 11 is 0. The van der Waals surface area contributed by atoms with Crippen molar-refractivity contribution in [3.63, 3.8) is 0 Å². The Hall–Kier alpha value is -6.13. The van der Waals surface area contributed by atoms with Crippen LogP contribution in [-0.4, -0.2) is 121 Å². The number of aliphatic carboxylic acids is 3. The first kappa shape index (κ1) is 49.9. The molecule has 0 saturated heterocycles. The van der Waals surface area contributed by atoms with Crippen molar-refractivity contribution in [2.24, 2.45) is 11.7 Å². The lowest BCUT2D eigenvalue weighted by molar-refractivity contribution is -0.141. The average Bonchev–Trinajstić information content (AvgIpc) is 3.07. The summed E-state index contributed by atoms with van der Waals surface area (Å²) in [5, 5.41) is 41.1. The number of phosphoric ester groups is 1. The number of carbonyl (C=O) groups is 10. The molecule has 0 aliphatic rings. The number of phosphoric acid groups is 1. The zero-order chi connectivity index (χ0) is 44.5. The Morgan fingerprint density at radius 3 is 1.55 bits per heavy atom. The normalized spacial score (nSPS) is 14.2. The first-order chi connectivity index (χ1) is 26.8. The van der Waals surface area contributed by atoms with Crippen LogP contribution in [0.3, 0.4) is 0 Å². The second-order valence-electron chi connectivity index (χ2n) is 13.3. The maximum atomic E-state index is 13.7. The van der Waals surface area contributed by atoms with E-state index in [1.807, 2.05) is 0 Å². The predicted octanol–water partition coefficient (Wildman–Crippen LogP) is -3.01. The minimum atomic E-state index is -4.93. The molecule has 322 valence electrons. The van der Waals surface area contributed by atoms with Crippen LogP contribution in [-0.2, 0) is 58.9 Å². The van der Waals surface area contributed by atoms with Gasteiger partial charge in [0, 0.05) is 19.8 Å². The number of primary amides is 1. The number of hydrogen-bond donors (Lipinski definition) is 12. The van der Waals surface area contributed by atoms with Crippen LogP contribution in [0.2, 0.25) is 0 Å². The highest BCUT2D eigenvalue weighted by molar-refractivity contribution is 7.46. The number of hydrogen-bond acceptors (Lipinski definition) is 12. The highest BCUT2D eigenvalue weighted by Crippen LogP contribution is 2.37. The first-order valence-electron chi connectivity index (χ1n) is 17.4. The van der Waals surface area contributed by atoms with Crippen LogP contribution < -0.4 is 42.2 Å². The third-order valence-corrected chi connectivity index (χ3v) is 8.15. The lowest BCUT2D eigenvalue weighted by Crippen LogP contribution is -2.60. The molecule has 25 heteroatoms. The van der Waals surface area contributed by atoms with E-state index < -0.39 is 129 Å². The predicted molar refractivity (Wildman–Crippen MR) is 196 cm³/mol. The third kappa shape index (κ3) is 19.6. The molecule has 13 N–H and O–H groups in total. The van der Waals surface area contributed by atoms with Gasteiger partial charge < -0.3 is 57.5 Å². The molecule has 0 fully saturated rings. The van der Waals surface area contributed by atoms with Crippen molar-refractivity contribution in [2.75, 3.05) is 0 Å². The quantitative estimate of drug-likeness (QED) is 0.0436. The number of nitrogens with one attached hydrogen (secondary N) is 6. The average molecular weight is 846 g/mol. The van der Waals surface area contributed by atoms with E-state index in [0.717, 1.165) is 26.0 Å². The molecule has 1 aromatic carbocycles. The minimum Gasteiger partial charge on any atom is -0.481 e. The molecule has 1 rings (SSSR count). The molecule has 0 saturated carbocycles. The van der Waals surface area contributed by atoms with Crippen LogP contribution in [0.15, 0.2) is 24.3 Å². The number of carboxylic acid groups (broad SMARTS) is 3. The number of benzene rings is 1. The van der Waals surface area contributed by atoms with Crippen LogP contribution in [0.4, 0.5) is 0 Å². The highest BCUT2D eigenvalue weighted by atomic mass is 31.2. The number of amides is 7. The molecular weight excluding hydrogens is 797 g/mol. The van der Waals surface area contributed by atoms with Crippen LogP contribution in [0.5, 0.6) is 5.75 Å². The monoisotopic (exact) mass is 845 g/mol. The van der Waals surface area contributed by atoms with Gasteiger partial charge in [-0.05, 0) is 43.4 Å². The van der Waals surface area contributed by atoms with Crippen molar-refractivity contribution in [1.82, 2.24) is 31.9 Å². The van der Waals surface area contributed by atoms with Gasteiger partial charge in [0.25, 0.3) is 0 Å². The van der Waals surface area contributed by atoms with Gasteiger partial charge in [0.1, 0.15) is 42.0 Å². The summed E-state index contributed by atoms with van der Waals surface area (Å²) in [5.74, 6) is -12.4. The molecule has 24 nitrogen and oxygen atoms in total. The standard InChI is InChI=1S/C33H48N7O17P/c1-15(2)11-21(28(34)48)38-32(52)22(12-18-5-7-19(8-6-18)57-58(54,55)56)40-30(50)20(9-10-25(42)43)37-33(53)24(14-27(46)47)39-29(49)16(3)35-31(51)23(13-26(44)45)36-17(4)41/h5-8,15-16,20-24H,9-14H2,1-4H3,(H2,34,48)(H,35,51)(H,36,41)(H,37,53)(H,38,52)(H,39,49)(H,40,50)(H,42,43)(H,44,45)(H,46,47)(H2,54,55,56)/t16-,20-,21-,22-,23-,24-/m0/s1. The lowest BCUT2D eigenvalue weighted by Gasteiger charge is -2.27. The Kier molecular flexibility index (Phi) is 19.9. The fourth-order valence-electron chi connectivity index (χ4n) is 5.03. The molecule has 7 amide bonds. The van der Waals surface area contributed by atoms with E-state index in [0.29, 0.717) is 0 Å². The van der Waals surface area contributed by atoms with Gasteiger partial charge >= 0.3 is 25.7 Å². The second-order valence-corrected chi connectivity index (χ2v) is 14.5. The molecule has 58 heavy (non-hydrogen) atoms. The van der Waals surface area contributed by atoms with Crippen molar-refractivity contribution in [2.45, 2.75) is 102 Å². The number of carbonyl (C=O) groups excluding carboxylic acids is 7. The summed E-state index contributed by atoms with van der Waals surface area (Å²) in [5.41, 5.74) is 5.73. The summed E-state index contributed by atoms with van der Waals surface area (Å²) in [4.78, 5) is 142. The van der Waals surface area contributed by atoms with Crippen LogP contribution >= 0.6 is 7.82 Å². The Bertz CT molecular complexity index is 1730. The molecule has 1 aromatic rings. The smallest absolute Gasteiger partial charge is 0.481 e. The van der Waals surface area contributed by atoms with Crippen LogP contribution in [0, 0.1) is 5.92 Å². The molecular formula is C33H48N7O17P. The molecule has 0 radical (unpaired) electrons. The number of rotatable bonds is 25. The lowest BCUT2D eigenvalue weighted by atomic mass is 10.0. The molecule has 0 unspecified atom stereocenters. The van der Waals surface area contributed by atoms with Gasteiger partial charge in [-0.25, -0.2) is 4.57 Å².